The lowest BCUT2D eigenvalue weighted by atomic mass is 9.79. The van der Waals surface area contributed by atoms with Crippen molar-refractivity contribution in [3.63, 3.8) is 0 Å². The molecule has 1 saturated carbocycles. The molecule has 7 rings (SSSR count). The normalized spacial score (nSPS) is 22.1. The minimum Gasteiger partial charge on any atom is -0.456 e. The van der Waals surface area contributed by atoms with Crippen molar-refractivity contribution in [2.75, 3.05) is 0 Å². The monoisotopic (exact) mass is 632 g/mol. The molecule has 0 radical (unpaired) electrons. The third-order valence-electron chi connectivity index (χ3n) is 9.35. The molecule has 4 aromatic rings. The van der Waals surface area contributed by atoms with E-state index < -0.39 is 29.8 Å². The van der Waals surface area contributed by atoms with Crippen molar-refractivity contribution in [1.29, 1.82) is 0 Å². The number of hydrogen-bond donors (Lipinski definition) is 2. The van der Waals surface area contributed by atoms with Crippen LogP contribution in [0.4, 0.5) is 0 Å². The number of ketones is 1. The van der Waals surface area contributed by atoms with E-state index in [9.17, 15) is 15.0 Å². The first kappa shape index (κ1) is 31.1. The fourth-order valence-electron chi connectivity index (χ4n) is 6.72. The number of benzene rings is 4. The van der Waals surface area contributed by atoms with Crippen molar-refractivity contribution in [3.05, 3.63) is 190 Å². The maximum absolute atomic E-state index is 13.9. The highest BCUT2D eigenvalue weighted by Crippen LogP contribution is 2.45. The summed E-state index contributed by atoms with van der Waals surface area (Å²) >= 11 is 0. The van der Waals surface area contributed by atoms with E-state index in [0.29, 0.717) is 23.0 Å². The molecule has 0 bridgehead atoms. The fourth-order valence-corrected chi connectivity index (χ4v) is 6.72. The molecular formula is C43H36O5. The average Bonchev–Trinajstić information content (AvgIpc) is 3.38. The van der Waals surface area contributed by atoms with Crippen LogP contribution in [0, 0.1) is 11.8 Å². The maximum atomic E-state index is 13.9. The van der Waals surface area contributed by atoms with Crippen LogP contribution in [0.1, 0.15) is 36.1 Å². The van der Waals surface area contributed by atoms with Crippen LogP contribution in [0.25, 0.3) is 23.0 Å². The summed E-state index contributed by atoms with van der Waals surface area (Å²) in [5.41, 5.74) is 6.76. The second-order valence-electron chi connectivity index (χ2n) is 12.3. The molecular weight excluding hydrogens is 596 g/mol. The topological polar surface area (TPSA) is 76.0 Å². The molecule has 3 aliphatic rings. The number of carbonyl (C=O) groups is 1. The Bertz CT molecular complexity index is 1900. The number of hydrogen-bond acceptors (Lipinski definition) is 5. The zero-order valence-electron chi connectivity index (χ0n) is 26.8. The second-order valence-corrected chi connectivity index (χ2v) is 12.3. The quantitative estimate of drug-likeness (QED) is 0.223. The second kappa shape index (κ2) is 13.3. The summed E-state index contributed by atoms with van der Waals surface area (Å²) in [5, 5.41) is 22.6. The highest BCUT2D eigenvalue weighted by atomic mass is 16.5. The predicted molar refractivity (Wildman–Crippen MR) is 189 cm³/mol. The predicted octanol–water partition coefficient (Wildman–Crippen LogP) is 8.38. The van der Waals surface area contributed by atoms with Gasteiger partial charge in [0.15, 0.2) is 5.78 Å². The minimum atomic E-state index is -1.52. The van der Waals surface area contributed by atoms with Crippen LogP contribution in [-0.4, -0.2) is 28.2 Å². The van der Waals surface area contributed by atoms with E-state index >= 15 is 0 Å². The standard InChI is InChI=1S/C43H36O5/c1-27(33-23-35(29-15-7-3-8-16-29)47-36(24-33)30-17-9-4-10-18-30)39-40(42(45)43(46)41(39)44)28(2)34-25-37(31-19-11-5-12-20-31)48-38(26-34)32-21-13-6-14-22-32/h3-26,39-41,43-44,46H,1-2H3. The molecule has 4 atom stereocenters. The molecule has 0 saturated heterocycles. The van der Waals surface area contributed by atoms with E-state index in [1.165, 1.54) is 0 Å². The molecule has 0 aromatic heterocycles. The number of Topliss-reactive ketones (excluding diaryl/α,β-unsaturated/α-hetero) is 1. The number of ether oxygens (including phenoxy) is 2. The third kappa shape index (κ3) is 6.02. The van der Waals surface area contributed by atoms with Gasteiger partial charge in [-0.25, -0.2) is 0 Å². The summed E-state index contributed by atoms with van der Waals surface area (Å²) < 4.78 is 12.8. The van der Waals surface area contributed by atoms with Crippen molar-refractivity contribution in [3.8, 4) is 0 Å². The number of aliphatic hydroxyl groups is 2. The summed E-state index contributed by atoms with van der Waals surface area (Å²) in [5.74, 6) is 0.765. The number of carbonyl (C=O) groups excluding carboxylic acids is 1. The van der Waals surface area contributed by atoms with Gasteiger partial charge < -0.3 is 19.7 Å². The number of aliphatic hydroxyl groups excluding tert-OH is 2. The molecule has 1 fully saturated rings. The molecule has 2 aliphatic heterocycles. The Balaban J connectivity index is 1.38. The summed E-state index contributed by atoms with van der Waals surface area (Å²) in [4.78, 5) is 13.9. The van der Waals surface area contributed by atoms with Gasteiger partial charge in [0.25, 0.3) is 0 Å². The van der Waals surface area contributed by atoms with Crippen LogP contribution in [0.3, 0.4) is 0 Å². The lowest BCUT2D eigenvalue weighted by molar-refractivity contribution is -0.128. The molecule has 2 heterocycles. The van der Waals surface area contributed by atoms with Crippen molar-refractivity contribution >= 4 is 28.8 Å². The molecule has 4 aromatic carbocycles. The molecule has 0 spiro atoms. The molecule has 0 amide bonds. The van der Waals surface area contributed by atoms with Crippen LogP contribution in [0.5, 0.6) is 0 Å². The molecule has 1 aliphatic carbocycles. The lowest BCUT2D eigenvalue weighted by Gasteiger charge is -2.28. The molecule has 48 heavy (non-hydrogen) atoms. The Morgan fingerprint density at radius 2 is 0.812 bits per heavy atom. The van der Waals surface area contributed by atoms with Crippen molar-refractivity contribution < 1.29 is 24.5 Å². The van der Waals surface area contributed by atoms with Gasteiger partial charge in [-0.1, -0.05) is 132 Å². The SMILES string of the molecule is CC(=C1C=C(c2ccccc2)OC(c2ccccc2)=C1)C1C(=O)C(O)C(O)C1C(C)=C1C=C(c2ccccc2)OC(c2ccccc2)=C1. The van der Waals surface area contributed by atoms with Gasteiger partial charge in [-0.05, 0) is 49.3 Å². The maximum Gasteiger partial charge on any atom is 0.171 e. The number of rotatable bonds is 6. The van der Waals surface area contributed by atoms with Crippen LogP contribution < -0.4 is 0 Å². The van der Waals surface area contributed by atoms with Gasteiger partial charge in [0.2, 0.25) is 0 Å². The average molecular weight is 633 g/mol. The minimum absolute atomic E-state index is 0.403. The van der Waals surface area contributed by atoms with Crippen LogP contribution in [0.15, 0.2) is 168 Å². The third-order valence-corrected chi connectivity index (χ3v) is 9.35. The van der Waals surface area contributed by atoms with E-state index in [-0.39, 0.29) is 0 Å². The molecule has 5 nitrogen and oxygen atoms in total. The first-order chi connectivity index (χ1) is 23.4. The summed E-state index contributed by atoms with van der Waals surface area (Å²) in [6, 6.07) is 39.4. The van der Waals surface area contributed by atoms with Gasteiger partial charge in [-0.15, -0.1) is 0 Å². The molecule has 4 unspecified atom stereocenters. The molecule has 238 valence electrons. The van der Waals surface area contributed by atoms with E-state index in [4.69, 9.17) is 9.47 Å². The molecule has 2 N–H and O–H groups in total. The van der Waals surface area contributed by atoms with Gasteiger partial charge in [-0.2, -0.15) is 0 Å². The zero-order chi connectivity index (χ0) is 33.2. The summed E-state index contributed by atoms with van der Waals surface area (Å²) in [7, 11) is 0. The first-order valence-corrected chi connectivity index (χ1v) is 16.1. The van der Waals surface area contributed by atoms with Crippen LogP contribution >= 0.6 is 0 Å². The van der Waals surface area contributed by atoms with Crippen molar-refractivity contribution in [1.82, 2.24) is 0 Å². The first-order valence-electron chi connectivity index (χ1n) is 16.1. The van der Waals surface area contributed by atoms with Crippen molar-refractivity contribution in [2.24, 2.45) is 11.8 Å². The fraction of sp³-hybridized carbons (Fsp3) is 0.140. The van der Waals surface area contributed by atoms with E-state index in [1.54, 1.807) is 0 Å². The zero-order valence-corrected chi connectivity index (χ0v) is 26.8. The summed E-state index contributed by atoms with van der Waals surface area (Å²) in [6.45, 7) is 3.85. The van der Waals surface area contributed by atoms with Gasteiger partial charge >= 0.3 is 0 Å². The van der Waals surface area contributed by atoms with Gasteiger partial charge in [0, 0.05) is 28.2 Å². The summed E-state index contributed by atoms with van der Waals surface area (Å²) in [6.07, 6.45) is 4.98. The van der Waals surface area contributed by atoms with E-state index in [0.717, 1.165) is 44.5 Å². The highest BCUT2D eigenvalue weighted by molar-refractivity contribution is 5.93. The van der Waals surface area contributed by atoms with Gasteiger partial charge in [-0.3, -0.25) is 4.79 Å². The van der Waals surface area contributed by atoms with Crippen LogP contribution in [0.2, 0.25) is 0 Å². The number of allylic oxidation sites excluding steroid dienone is 7. The molecule has 5 heteroatoms. The van der Waals surface area contributed by atoms with Crippen molar-refractivity contribution in [2.45, 2.75) is 26.1 Å². The smallest absolute Gasteiger partial charge is 0.171 e. The lowest BCUT2D eigenvalue weighted by Crippen LogP contribution is -2.29. The Labute approximate surface area is 280 Å². The largest absolute Gasteiger partial charge is 0.456 e. The Morgan fingerprint density at radius 3 is 1.15 bits per heavy atom. The Morgan fingerprint density at radius 1 is 0.500 bits per heavy atom. The van der Waals surface area contributed by atoms with E-state index in [1.807, 2.05) is 159 Å². The highest BCUT2D eigenvalue weighted by Gasteiger charge is 2.50. The Kier molecular flexibility index (Phi) is 8.64. The Hall–Kier alpha value is -5.49. The van der Waals surface area contributed by atoms with Gasteiger partial charge in [0.05, 0.1) is 12.0 Å². The van der Waals surface area contributed by atoms with Gasteiger partial charge in [0.1, 0.15) is 29.1 Å². The van der Waals surface area contributed by atoms with E-state index in [2.05, 4.69) is 0 Å². The van der Waals surface area contributed by atoms with Crippen LogP contribution in [-0.2, 0) is 14.3 Å².